The zero-order valence-corrected chi connectivity index (χ0v) is 9.01. The second-order valence-corrected chi connectivity index (χ2v) is 3.27. The monoisotopic (exact) mass is 211 g/mol. The van der Waals surface area contributed by atoms with Crippen LogP contribution >= 0.6 is 0 Å². The lowest BCUT2D eigenvalue weighted by Gasteiger charge is -2.31. The maximum Gasteiger partial charge on any atom is 0.340 e. The summed E-state index contributed by atoms with van der Waals surface area (Å²) in [6.07, 6.45) is 0. The lowest BCUT2D eigenvalue weighted by atomic mass is 10.3. The lowest BCUT2D eigenvalue weighted by molar-refractivity contribution is -0.326. The first kappa shape index (κ1) is 12.0. The summed E-state index contributed by atoms with van der Waals surface area (Å²) in [5.74, 6) is -1.25. The highest BCUT2D eigenvalue weighted by atomic mass is 16.8. The minimum atomic E-state index is -1.77. The van der Waals surface area contributed by atoms with Crippen molar-refractivity contribution in [1.82, 2.24) is 0 Å². The van der Waals surface area contributed by atoms with E-state index < -0.39 is 12.0 Å². The zero-order valence-electron chi connectivity index (χ0n) is 9.01. The van der Waals surface area contributed by atoms with Crippen molar-refractivity contribution in [2.24, 2.45) is 5.73 Å². The second-order valence-electron chi connectivity index (χ2n) is 3.27. The van der Waals surface area contributed by atoms with E-state index in [1.54, 1.807) is 26.0 Å². The van der Waals surface area contributed by atoms with Gasteiger partial charge in [-0.2, -0.15) is 0 Å². The molecule has 1 rings (SSSR count). The van der Waals surface area contributed by atoms with Gasteiger partial charge in [-0.15, -0.1) is 0 Å². The van der Waals surface area contributed by atoms with Crippen LogP contribution in [0.2, 0.25) is 0 Å². The summed E-state index contributed by atoms with van der Waals surface area (Å²) in [7, 11) is 0. The molecule has 1 aromatic rings. The Morgan fingerprint density at radius 3 is 2.47 bits per heavy atom. The molecule has 0 aliphatic rings. The average Bonchev–Trinajstić information content (AvgIpc) is 2.19. The second kappa shape index (κ2) is 5.11. The van der Waals surface area contributed by atoms with Crippen LogP contribution in [-0.2, 0) is 4.74 Å². The largest absolute Gasteiger partial charge is 0.438 e. The Morgan fingerprint density at radius 1 is 1.40 bits per heavy atom. The van der Waals surface area contributed by atoms with Gasteiger partial charge in [0.25, 0.3) is 0 Å². The third kappa shape index (κ3) is 3.20. The van der Waals surface area contributed by atoms with Gasteiger partial charge in [0.15, 0.2) is 0 Å². The Morgan fingerprint density at radius 2 is 2.00 bits per heavy atom. The van der Waals surface area contributed by atoms with Crippen molar-refractivity contribution in [3.63, 3.8) is 0 Å². The molecule has 0 aliphatic carbocycles. The fourth-order valence-electron chi connectivity index (χ4n) is 1.12. The number of aliphatic hydroxyl groups is 1. The van der Waals surface area contributed by atoms with E-state index in [0.717, 1.165) is 0 Å². The number of ether oxygens (including phenoxy) is 2. The van der Waals surface area contributed by atoms with Crippen molar-refractivity contribution in [3.8, 4) is 5.75 Å². The van der Waals surface area contributed by atoms with Crippen LogP contribution in [0, 0.1) is 0 Å². The molecule has 0 bridgehead atoms. The maximum absolute atomic E-state index is 9.97. The van der Waals surface area contributed by atoms with E-state index in [-0.39, 0.29) is 0 Å². The van der Waals surface area contributed by atoms with Crippen LogP contribution in [-0.4, -0.2) is 23.7 Å². The standard InChI is InChI=1S/C11H17NO3/c1-3-14-11(13,9(2)12)15-10-7-5-4-6-8-10/h4-9,13H,3,12H2,1-2H3. The predicted molar refractivity (Wildman–Crippen MR) is 57.3 cm³/mol. The molecule has 1 aromatic carbocycles. The summed E-state index contributed by atoms with van der Waals surface area (Å²) < 4.78 is 10.4. The van der Waals surface area contributed by atoms with Crippen LogP contribution in [0.5, 0.6) is 5.75 Å². The normalized spacial score (nSPS) is 16.8. The van der Waals surface area contributed by atoms with Gasteiger partial charge in [-0.25, -0.2) is 0 Å². The van der Waals surface area contributed by atoms with Gasteiger partial charge in [0.05, 0.1) is 12.6 Å². The van der Waals surface area contributed by atoms with Gasteiger partial charge >= 0.3 is 5.97 Å². The van der Waals surface area contributed by atoms with E-state index in [1.807, 2.05) is 18.2 Å². The Kier molecular flexibility index (Phi) is 4.08. The van der Waals surface area contributed by atoms with E-state index >= 15 is 0 Å². The van der Waals surface area contributed by atoms with Crippen molar-refractivity contribution in [1.29, 1.82) is 0 Å². The number of hydrogen-bond acceptors (Lipinski definition) is 4. The smallest absolute Gasteiger partial charge is 0.340 e. The van der Waals surface area contributed by atoms with Gasteiger partial charge in [-0.05, 0) is 26.0 Å². The molecule has 0 saturated carbocycles. The van der Waals surface area contributed by atoms with Crippen molar-refractivity contribution >= 4 is 0 Å². The summed E-state index contributed by atoms with van der Waals surface area (Å²) >= 11 is 0. The SMILES string of the molecule is CCOC(O)(Oc1ccccc1)C(C)N. The Hall–Kier alpha value is -1.10. The van der Waals surface area contributed by atoms with Crippen LogP contribution in [0.3, 0.4) is 0 Å². The van der Waals surface area contributed by atoms with Gasteiger partial charge in [0.1, 0.15) is 5.75 Å². The number of para-hydroxylation sites is 1. The highest BCUT2D eigenvalue weighted by Crippen LogP contribution is 2.19. The van der Waals surface area contributed by atoms with Crippen molar-refractivity contribution in [2.75, 3.05) is 6.61 Å². The molecule has 2 unspecified atom stereocenters. The van der Waals surface area contributed by atoms with E-state index in [1.165, 1.54) is 0 Å². The molecule has 84 valence electrons. The minimum Gasteiger partial charge on any atom is -0.438 e. The molecule has 0 aromatic heterocycles. The summed E-state index contributed by atoms with van der Waals surface area (Å²) in [4.78, 5) is 0. The molecule has 0 fully saturated rings. The molecule has 0 radical (unpaired) electrons. The van der Waals surface area contributed by atoms with Crippen LogP contribution in [0.25, 0.3) is 0 Å². The predicted octanol–water partition coefficient (Wildman–Crippen LogP) is 1.10. The molecule has 0 heterocycles. The molecule has 0 aliphatic heterocycles. The average molecular weight is 211 g/mol. The highest BCUT2D eigenvalue weighted by molar-refractivity contribution is 5.21. The van der Waals surface area contributed by atoms with E-state index in [4.69, 9.17) is 15.2 Å². The molecule has 2 atom stereocenters. The third-order valence-electron chi connectivity index (χ3n) is 1.93. The first-order valence-electron chi connectivity index (χ1n) is 4.94. The highest BCUT2D eigenvalue weighted by Gasteiger charge is 2.35. The molecular weight excluding hydrogens is 194 g/mol. The fraction of sp³-hybridized carbons (Fsp3) is 0.455. The van der Waals surface area contributed by atoms with Crippen molar-refractivity contribution < 1.29 is 14.6 Å². The third-order valence-corrected chi connectivity index (χ3v) is 1.93. The quantitative estimate of drug-likeness (QED) is 0.716. The molecule has 0 amide bonds. The summed E-state index contributed by atoms with van der Waals surface area (Å²) in [5, 5.41) is 9.97. The Bertz CT molecular complexity index is 289. The summed E-state index contributed by atoms with van der Waals surface area (Å²) in [5.41, 5.74) is 5.60. The Balaban J connectivity index is 2.75. The van der Waals surface area contributed by atoms with E-state index in [9.17, 15) is 5.11 Å². The van der Waals surface area contributed by atoms with E-state index in [2.05, 4.69) is 0 Å². The van der Waals surface area contributed by atoms with Crippen LogP contribution in [0.1, 0.15) is 13.8 Å². The Labute approximate surface area is 89.6 Å². The van der Waals surface area contributed by atoms with Gasteiger partial charge < -0.3 is 20.3 Å². The van der Waals surface area contributed by atoms with Crippen molar-refractivity contribution in [2.45, 2.75) is 25.9 Å². The van der Waals surface area contributed by atoms with Gasteiger partial charge in [-0.3, -0.25) is 0 Å². The molecule has 4 nitrogen and oxygen atoms in total. The lowest BCUT2D eigenvalue weighted by Crippen LogP contribution is -2.53. The molecule has 0 saturated heterocycles. The van der Waals surface area contributed by atoms with E-state index in [0.29, 0.717) is 12.4 Å². The molecular formula is C11H17NO3. The summed E-state index contributed by atoms with van der Waals surface area (Å²) in [6, 6.07) is 8.29. The zero-order chi connectivity index (χ0) is 11.3. The molecule has 4 heteroatoms. The topological polar surface area (TPSA) is 64.7 Å². The number of rotatable bonds is 5. The van der Waals surface area contributed by atoms with Crippen LogP contribution in [0.15, 0.2) is 30.3 Å². The number of benzene rings is 1. The van der Waals surface area contributed by atoms with Gasteiger partial charge in [0, 0.05) is 0 Å². The summed E-state index contributed by atoms with van der Waals surface area (Å²) in [6.45, 7) is 3.71. The van der Waals surface area contributed by atoms with Crippen LogP contribution < -0.4 is 10.5 Å². The van der Waals surface area contributed by atoms with Gasteiger partial charge in [-0.1, -0.05) is 18.2 Å². The fourth-order valence-corrected chi connectivity index (χ4v) is 1.12. The number of nitrogens with two attached hydrogens (primary N) is 1. The van der Waals surface area contributed by atoms with Gasteiger partial charge in [0.2, 0.25) is 0 Å². The minimum absolute atomic E-state index is 0.324. The molecule has 0 spiro atoms. The maximum atomic E-state index is 9.97. The molecule has 15 heavy (non-hydrogen) atoms. The first-order valence-corrected chi connectivity index (χ1v) is 4.94. The van der Waals surface area contributed by atoms with Crippen molar-refractivity contribution in [3.05, 3.63) is 30.3 Å². The van der Waals surface area contributed by atoms with Crippen LogP contribution in [0.4, 0.5) is 0 Å². The first-order chi connectivity index (χ1) is 7.08. The number of hydrogen-bond donors (Lipinski definition) is 2. The molecule has 3 N–H and O–H groups in total.